The van der Waals surface area contributed by atoms with Gasteiger partial charge in [0.05, 0.1) is 12.1 Å². The highest BCUT2D eigenvalue weighted by atomic mass is 35.5. The first-order chi connectivity index (χ1) is 8.69. The number of carbonyl (C=O) groups is 2. The first-order valence-corrected chi connectivity index (χ1v) is 6.14. The van der Waals surface area contributed by atoms with Crippen molar-refractivity contribution >= 4 is 29.2 Å². The lowest BCUT2D eigenvalue weighted by atomic mass is 10.1. The molecule has 0 fully saturated rings. The molecule has 19 heavy (non-hydrogen) atoms. The lowest BCUT2D eigenvalue weighted by molar-refractivity contribution is -0.120. The summed E-state index contributed by atoms with van der Waals surface area (Å²) in [5, 5.41) is 14.9. The maximum absolute atomic E-state index is 11.6. The number of anilines is 1. The third-order valence-corrected chi connectivity index (χ3v) is 2.40. The first-order valence-electron chi connectivity index (χ1n) is 5.77. The van der Waals surface area contributed by atoms with Crippen LogP contribution >= 0.6 is 11.6 Å². The van der Waals surface area contributed by atoms with Crippen molar-refractivity contribution in [2.45, 2.75) is 26.3 Å². The molecule has 1 rings (SSSR count). The van der Waals surface area contributed by atoms with Crippen molar-refractivity contribution in [3.8, 4) is 0 Å². The Balaban J connectivity index is 2.73. The van der Waals surface area contributed by atoms with Crippen molar-refractivity contribution in [1.29, 1.82) is 0 Å². The molecule has 0 unspecified atom stereocenters. The maximum atomic E-state index is 11.6. The molecular weight excluding hydrogens is 268 g/mol. The van der Waals surface area contributed by atoms with E-state index in [0.717, 1.165) is 0 Å². The predicted molar refractivity (Wildman–Crippen MR) is 74.8 cm³/mol. The van der Waals surface area contributed by atoms with Gasteiger partial charge >= 0.3 is 5.97 Å². The highest BCUT2D eigenvalue weighted by Crippen LogP contribution is 2.20. The largest absolute Gasteiger partial charge is 0.478 e. The second kappa shape index (κ2) is 5.93. The van der Waals surface area contributed by atoms with E-state index in [1.54, 1.807) is 6.07 Å². The SMILES string of the molecule is CC(C)(C)NC(=O)CNc1ccc(Cl)cc1C(=O)O. The Labute approximate surface area is 117 Å². The molecular formula is C13H17ClN2O3. The molecule has 0 spiro atoms. The zero-order valence-corrected chi connectivity index (χ0v) is 11.8. The van der Waals surface area contributed by atoms with E-state index in [1.807, 2.05) is 20.8 Å². The number of benzene rings is 1. The summed E-state index contributed by atoms with van der Waals surface area (Å²) in [5.41, 5.74) is 0.0750. The molecule has 0 aromatic heterocycles. The number of amides is 1. The van der Waals surface area contributed by atoms with Crippen molar-refractivity contribution in [2.24, 2.45) is 0 Å². The summed E-state index contributed by atoms with van der Waals surface area (Å²) < 4.78 is 0. The quantitative estimate of drug-likeness (QED) is 0.793. The number of rotatable bonds is 4. The van der Waals surface area contributed by atoms with Crippen LogP contribution in [0.25, 0.3) is 0 Å². The van der Waals surface area contributed by atoms with Gasteiger partial charge < -0.3 is 15.7 Å². The topological polar surface area (TPSA) is 78.4 Å². The Bertz CT molecular complexity index is 495. The molecule has 104 valence electrons. The van der Waals surface area contributed by atoms with Crippen LogP contribution < -0.4 is 10.6 Å². The van der Waals surface area contributed by atoms with Crippen molar-refractivity contribution in [3.63, 3.8) is 0 Å². The van der Waals surface area contributed by atoms with E-state index < -0.39 is 5.97 Å². The minimum atomic E-state index is -1.10. The molecule has 1 aromatic carbocycles. The van der Waals surface area contributed by atoms with E-state index in [1.165, 1.54) is 12.1 Å². The molecule has 0 atom stereocenters. The number of hydrogen-bond acceptors (Lipinski definition) is 3. The lowest BCUT2D eigenvalue weighted by Gasteiger charge is -2.21. The normalized spacial score (nSPS) is 10.9. The average molecular weight is 285 g/mol. The Kier molecular flexibility index (Phi) is 4.78. The van der Waals surface area contributed by atoms with Crippen molar-refractivity contribution < 1.29 is 14.7 Å². The van der Waals surface area contributed by atoms with Gasteiger partial charge in [0.1, 0.15) is 0 Å². The van der Waals surface area contributed by atoms with Gasteiger partial charge in [-0.25, -0.2) is 4.79 Å². The second-order valence-corrected chi connectivity index (χ2v) is 5.58. The van der Waals surface area contributed by atoms with Crippen LogP contribution in [0.4, 0.5) is 5.69 Å². The minimum absolute atomic E-state index is 0.000811. The van der Waals surface area contributed by atoms with E-state index in [9.17, 15) is 9.59 Å². The van der Waals surface area contributed by atoms with E-state index in [0.29, 0.717) is 10.7 Å². The molecule has 3 N–H and O–H groups in total. The molecule has 6 heteroatoms. The fourth-order valence-electron chi connectivity index (χ4n) is 1.49. The Morgan fingerprint density at radius 2 is 1.95 bits per heavy atom. The molecule has 1 amide bonds. The van der Waals surface area contributed by atoms with Gasteiger partial charge in [-0.15, -0.1) is 0 Å². The molecule has 1 aromatic rings. The second-order valence-electron chi connectivity index (χ2n) is 5.15. The molecule has 0 heterocycles. The molecule has 0 aliphatic carbocycles. The third kappa shape index (κ3) is 5.18. The minimum Gasteiger partial charge on any atom is -0.478 e. The van der Waals surface area contributed by atoms with Gasteiger partial charge in [0, 0.05) is 16.2 Å². The van der Waals surface area contributed by atoms with Crippen LogP contribution in [0.15, 0.2) is 18.2 Å². The monoisotopic (exact) mass is 284 g/mol. The van der Waals surface area contributed by atoms with E-state index >= 15 is 0 Å². The van der Waals surface area contributed by atoms with Crippen LogP contribution in [0.3, 0.4) is 0 Å². The number of carboxylic acid groups (broad SMARTS) is 1. The lowest BCUT2D eigenvalue weighted by Crippen LogP contribution is -2.43. The van der Waals surface area contributed by atoms with Gasteiger partial charge in [-0.3, -0.25) is 4.79 Å². The molecule has 0 saturated carbocycles. The van der Waals surface area contributed by atoms with Crippen molar-refractivity contribution in [1.82, 2.24) is 5.32 Å². The molecule has 0 bridgehead atoms. The summed E-state index contributed by atoms with van der Waals surface area (Å²) in [6, 6.07) is 4.45. The zero-order chi connectivity index (χ0) is 14.6. The van der Waals surface area contributed by atoms with E-state index in [-0.39, 0.29) is 23.6 Å². The summed E-state index contributed by atoms with van der Waals surface area (Å²) in [6.45, 7) is 5.61. The number of hydrogen-bond donors (Lipinski definition) is 3. The van der Waals surface area contributed by atoms with Crippen molar-refractivity contribution in [2.75, 3.05) is 11.9 Å². The van der Waals surface area contributed by atoms with Crippen molar-refractivity contribution in [3.05, 3.63) is 28.8 Å². The van der Waals surface area contributed by atoms with Crippen LogP contribution in [-0.4, -0.2) is 29.1 Å². The average Bonchev–Trinajstić information content (AvgIpc) is 2.24. The van der Waals surface area contributed by atoms with Crippen LogP contribution in [0.1, 0.15) is 31.1 Å². The van der Waals surface area contributed by atoms with Gasteiger partial charge in [-0.1, -0.05) is 11.6 Å². The molecule has 0 radical (unpaired) electrons. The van der Waals surface area contributed by atoms with Gasteiger partial charge in [0.15, 0.2) is 0 Å². The molecule has 5 nitrogen and oxygen atoms in total. The van der Waals surface area contributed by atoms with Crippen LogP contribution in [-0.2, 0) is 4.79 Å². The fraction of sp³-hybridized carbons (Fsp3) is 0.385. The summed E-state index contributed by atoms with van der Waals surface area (Å²) in [7, 11) is 0. The number of aromatic carboxylic acids is 1. The summed E-state index contributed by atoms with van der Waals surface area (Å²) in [5.74, 6) is -1.31. The Morgan fingerprint density at radius 3 is 2.47 bits per heavy atom. The number of carboxylic acids is 1. The van der Waals surface area contributed by atoms with Gasteiger partial charge in [-0.2, -0.15) is 0 Å². The van der Waals surface area contributed by atoms with Crippen LogP contribution in [0, 0.1) is 0 Å². The molecule has 0 saturated heterocycles. The highest BCUT2D eigenvalue weighted by Gasteiger charge is 2.15. The van der Waals surface area contributed by atoms with E-state index in [4.69, 9.17) is 16.7 Å². The van der Waals surface area contributed by atoms with Gasteiger partial charge in [0.25, 0.3) is 0 Å². The summed E-state index contributed by atoms with van der Waals surface area (Å²) in [6.07, 6.45) is 0. The maximum Gasteiger partial charge on any atom is 0.337 e. The van der Waals surface area contributed by atoms with Gasteiger partial charge in [0.2, 0.25) is 5.91 Å². The predicted octanol–water partition coefficient (Wildman–Crippen LogP) is 2.36. The standard InChI is InChI=1S/C13H17ClN2O3/c1-13(2,3)16-11(17)7-15-10-5-4-8(14)6-9(10)12(18)19/h4-6,15H,7H2,1-3H3,(H,16,17)(H,18,19). The van der Waals surface area contributed by atoms with Crippen LogP contribution in [0.2, 0.25) is 5.02 Å². The molecule has 0 aliphatic rings. The Hall–Kier alpha value is -1.75. The summed E-state index contributed by atoms with van der Waals surface area (Å²) in [4.78, 5) is 22.7. The highest BCUT2D eigenvalue weighted by molar-refractivity contribution is 6.31. The fourth-order valence-corrected chi connectivity index (χ4v) is 1.66. The smallest absolute Gasteiger partial charge is 0.337 e. The number of halogens is 1. The zero-order valence-electron chi connectivity index (χ0n) is 11.1. The first kappa shape index (κ1) is 15.3. The summed E-state index contributed by atoms with van der Waals surface area (Å²) >= 11 is 5.74. The number of nitrogens with one attached hydrogen (secondary N) is 2. The van der Waals surface area contributed by atoms with E-state index in [2.05, 4.69) is 10.6 Å². The van der Waals surface area contributed by atoms with Crippen LogP contribution in [0.5, 0.6) is 0 Å². The number of carbonyl (C=O) groups excluding carboxylic acids is 1. The third-order valence-electron chi connectivity index (χ3n) is 2.17. The van der Waals surface area contributed by atoms with Gasteiger partial charge in [-0.05, 0) is 39.0 Å². The molecule has 0 aliphatic heterocycles. The Morgan fingerprint density at radius 1 is 1.32 bits per heavy atom.